The van der Waals surface area contributed by atoms with Crippen molar-refractivity contribution in [2.24, 2.45) is 5.73 Å². The standard InChI is InChI=1S/C14H23N6O4.Cu/c15-4-2-1-3-10(14(23)24)20-13(22)11(19-12(21)6-16)5-9-7-17-8-18-9;/h7-8,10-11,16H,1-6,15H2,(H,17,18)(H,19,21)(H,20,22)(H,23,24);/q-1;+2/t10-,11-;/m0./s1. The van der Waals surface area contributed by atoms with Crippen molar-refractivity contribution in [1.82, 2.24) is 20.6 Å². The SMILES string of the molecule is [Cu+2].[NH-]CC(=O)N[C@@H](Cc1c[nH]cn1)C(=O)N[C@@H](CCCCN)C(=O)O. The molecule has 10 nitrogen and oxygen atoms in total. The number of carboxylic acid groups (broad SMARTS) is 1. The Hall–Kier alpha value is -1.94. The number of nitrogens with one attached hydrogen (secondary N) is 4. The van der Waals surface area contributed by atoms with E-state index in [1.54, 1.807) is 6.20 Å². The summed E-state index contributed by atoms with van der Waals surface area (Å²) < 4.78 is 0. The number of aromatic amines is 1. The zero-order chi connectivity index (χ0) is 17.9. The zero-order valence-electron chi connectivity index (χ0n) is 13.6. The minimum absolute atomic E-state index is 0. The van der Waals surface area contributed by atoms with Crippen LogP contribution >= 0.6 is 0 Å². The number of carbonyl (C=O) groups excluding carboxylic acids is 2. The number of aromatic nitrogens is 2. The average molecular weight is 403 g/mol. The van der Waals surface area contributed by atoms with E-state index in [1.807, 2.05) is 0 Å². The number of amides is 2. The summed E-state index contributed by atoms with van der Waals surface area (Å²) in [7, 11) is 0. The van der Waals surface area contributed by atoms with Crippen molar-refractivity contribution in [2.75, 3.05) is 13.1 Å². The number of carboxylic acids is 1. The molecule has 0 spiro atoms. The first-order valence-electron chi connectivity index (χ1n) is 7.62. The Morgan fingerprint density at radius 2 is 2.00 bits per heavy atom. The monoisotopic (exact) mass is 402 g/mol. The van der Waals surface area contributed by atoms with Crippen LogP contribution in [0.5, 0.6) is 0 Å². The Balaban J connectivity index is 0.00000576. The van der Waals surface area contributed by atoms with Gasteiger partial charge in [-0.05, 0) is 25.8 Å². The second kappa shape index (κ2) is 12.4. The van der Waals surface area contributed by atoms with Crippen LogP contribution in [0.25, 0.3) is 5.73 Å². The molecule has 25 heavy (non-hydrogen) atoms. The summed E-state index contributed by atoms with van der Waals surface area (Å²) in [6.07, 6.45) is 4.57. The molecule has 1 heterocycles. The maximum absolute atomic E-state index is 12.4. The van der Waals surface area contributed by atoms with Gasteiger partial charge in [0.15, 0.2) is 5.91 Å². The minimum Gasteiger partial charge on any atom is -0.670 e. The third-order valence-corrected chi connectivity index (χ3v) is 3.34. The van der Waals surface area contributed by atoms with E-state index in [9.17, 15) is 19.5 Å². The third-order valence-electron chi connectivity index (χ3n) is 3.34. The van der Waals surface area contributed by atoms with Crippen molar-refractivity contribution >= 4 is 17.8 Å². The first-order valence-corrected chi connectivity index (χ1v) is 7.62. The Morgan fingerprint density at radius 1 is 1.28 bits per heavy atom. The molecule has 0 saturated heterocycles. The van der Waals surface area contributed by atoms with Crippen LogP contribution in [0.15, 0.2) is 12.5 Å². The molecule has 1 radical (unpaired) electrons. The summed E-state index contributed by atoms with van der Waals surface area (Å²) in [6.45, 7) is -0.0785. The number of hydrogen-bond donors (Lipinski definition) is 5. The number of carbonyl (C=O) groups is 3. The fourth-order valence-electron chi connectivity index (χ4n) is 2.09. The fourth-order valence-corrected chi connectivity index (χ4v) is 2.09. The number of hydrogen-bond acceptors (Lipinski definition) is 5. The molecule has 7 N–H and O–H groups in total. The Morgan fingerprint density at radius 3 is 2.52 bits per heavy atom. The molecule has 11 heteroatoms. The van der Waals surface area contributed by atoms with E-state index >= 15 is 0 Å². The van der Waals surface area contributed by atoms with E-state index in [2.05, 4.69) is 20.6 Å². The quantitative estimate of drug-likeness (QED) is 0.239. The Bertz CT molecular complexity index is 539. The Labute approximate surface area is 156 Å². The van der Waals surface area contributed by atoms with Crippen molar-refractivity contribution < 1.29 is 36.6 Å². The van der Waals surface area contributed by atoms with E-state index in [0.29, 0.717) is 25.1 Å². The van der Waals surface area contributed by atoms with Gasteiger partial charge < -0.3 is 32.2 Å². The maximum Gasteiger partial charge on any atom is 2.00 e. The van der Waals surface area contributed by atoms with Gasteiger partial charge in [0.25, 0.3) is 0 Å². The van der Waals surface area contributed by atoms with Gasteiger partial charge in [-0.25, -0.2) is 9.78 Å². The van der Waals surface area contributed by atoms with E-state index in [0.717, 1.165) is 0 Å². The average Bonchev–Trinajstić information content (AvgIpc) is 3.06. The molecule has 0 aliphatic rings. The number of imidazole rings is 1. The summed E-state index contributed by atoms with van der Waals surface area (Å²) in [4.78, 5) is 41.8. The second-order valence-electron chi connectivity index (χ2n) is 5.25. The first-order chi connectivity index (χ1) is 11.5. The summed E-state index contributed by atoms with van der Waals surface area (Å²) in [5.74, 6) is -2.40. The van der Waals surface area contributed by atoms with Gasteiger partial charge in [0, 0.05) is 12.6 Å². The summed E-state index contributed by atoms with van der Waals surface area (Å²) in [5.41, 5.74) is 13.0. The summed E-state index contributed by atoms with van der Waals surface area (Å²) >= 11 is 0. The van der Waals surface area contributed by atoms with Gasteiger partial charge in [-0.2, -0.15) is 0 Å². The summed E-state index contributed by atoms with van der Waals surface area (Å²) in [5, 5.41) is 14.0. The molecule has 0 saturated carbocycles. The third kappa shape index (κ3) is 8.64. The van der Waals surface area contributed by atoms with Gasteiger partial charge in [0.05, 0.1) is 12.0 Å². The molecule has 0 unspecified atom stereocenters. The molecular weight excluding hydrogens is 380 g/mol. The molecule has 0 aliphatic carbocycles. The van der Waals surface area contributed by atoms with E-state index in [1.165, 1.54) is 6.33 Å². The second-order valence-corrected chi connectivity index (χ2v) is 5.25. The van der Waals surface area contributed by atoms with Crippen LogP contribution in [0.4, 0.5) is 0 Å². The molecule has 1 aromatic rings. The Kier molecular flexibility index (Phi) is 11.5. The van der Waals surface area contributed by atoms with Crippen molar-refractivity contribution in [1.29, 1.82) is 0 Å². The van der Waals surface area contributed by atoms with Gasteiger partial charge in [-0.3, -0.25) is 9.59 Å². The summed E-state index contributed by atoms with van der Waals surface area (Å²) in [6, 6.07) is -2.05. The van der Waals surface area contributed by atoms with Crippen molar-refractivity contribution in [3.63, 3.8) is 0 Å². The molecule has 0 aromatic carbocycles. The molecule has 0 bridgehead atoms. The van der Waals surface area contributed by atoms with Crippen LogP contribution in [0.1, 0.15) is 25.0 Å². The van der Waals surface area contributed by atoms with Crippen molar-refractivity contribution in [3.8, 4) is 0 Å². The van der Waals surface area contributed by atoms with Gasteiger partial charge in [-0.15, -0.1) is 0 Å². The van der Waals surface area contributed by atoms with E-state index in [-0.39, 0.29) is 29.9 Å². The van der Waals surface area contributed by atoms with Gasteiger partial charge in [0.1, 0.15) is 12.1 Å². The van der Waals surface area contributed by atoms with Crippen LogP contribution in [-0.2, 0) is 37.9 Å². The van der Waals surface area contributed by atoms with Gasteiger partial charge >= 0.3 is 23.0 Å². The van der Waals surface area contributed by atoms with E-state index < -0.39 is 36.4 Å². The number of H-pyrrole nitrogens is 1. The van der Waals surface area contributed by atoms with Crippen LogP contribution < -0.4 is 16.4 Å². The largest absolute Gasteiger partial charge is 2.00 e. The maximum atomic E-state index is 12.4. The molecule has 1 aromatic heterocycles. The molecule has 0 fully saturated rings. The number of nitrogens with two attached hydrogens (primary N) is 1. The fraction of sp³-hybridized carbons (Fsp3) is 0.571. The normalized spacial score (nSPS) is 12.6. The minimum atomic E-state index is -1.15. The van der Waals surface area contributed by atoms with E-state index in [4.69, 9.17) is 11.5 Å². The predicted octanol–water partition coefficient (Wildman–Crippen LogP) is -0.815. The number of unbranched alkanes of at least 4 members (excludes halogenated alkanes) is 1. The molecular formula is C14H23CuN6O4+. The molecule has 143 valence electrons. The van der Waals surface area contributed by atoms with Crippen molar-refractivity contribution in [2.45, 2.75) is 37.8 Å². The van der Waals surface area contributed by atoms with Crippen LogP contribution in [0.2, 0.25) is 0 Å². The first kappa shape index (κ1) is 23.1. The van der Waals surface area contributed by atoms with Crippen LogP contribution in [0.3, 0.4) is 0 Å². The van der Waals surface area contributed by atoms with Crippen LogP contribution in [0, 0.1) is 0 Å². The van der Waals surface area contributed by atoms with Crippen LogP contribution in [-0.4, -0.2) is 58.0 Å². The zero-order valence-corrected chi connectivity index (χ0v) is 14.5. The van der Waals surface area contributed by atoms with Gasteiger partial charge in [0.2, 0.25) is 5.91 Å². The van der Waals surface area contributed by atoms with Gasteiger partial charge in [-0.1, -0.05) is 6.54 Å². The predicted molar refractivity (Wildman–Crippen MR) is 85.9 cm³/mol. The molecule has 0 aliphatic heterocycles. The van der Waals surface area contributed by atoms with Crippen molar-refractivity contribution in [3.05, 3.63) is 24.0 Å². The smallest absolute Gasteiger partial charge is 0.670 e. The number of aliphatic carboxylic acids is 1. The molecule has 1 rings (SSSR count). The molecule has 2 amide bonds. The topological polar surface area (TPSA) is 174 Å². The molecule has 2 atom stereocenters. The number of rotatable bonds is 11. The number of nitrogens with zero attached hydrogens (tertiary/aromatic N) is 1.